The molecule has 0 bridgehead atoms. The van der Waals surface area contributed by atoms with Crippen LogP contribution in [0.5, 0.6) is 0 Å². The van der Waals surface area contributed by atoms with Gasteiger partial charge in [-0.15, -0.1) is 10.2 Å². The zero-order valence-corrected chi connectivity index (χ0v) is 16.4. The number of nitrogens with zero attached hydrogens (tertiary/aromatic N) is 4. The number of aromatic nitrogens is 4. The number of rotatable bonds is 6. The molecule has 1 amide bonds. The largest absolute Gasteiger partial charge is 0.325 e. The van der Waals surface area contributed by atoms with E-state index in [4.69, 9.17) is 0 Å². The summed E-state index contributed by atoms with van der Waals surface area (Å²) in [5, 5.41) is 11.7. The number of amides is 1. The molecule has 1 N–H and O–H groups in total. The average Bonchev–Trinajstić information content (AvgIpc) is 3.45. The summed E-state index contributed by atoms with van der Waals surface area (Å²) in [4.78, 5) is 16.6. The number of halogens is 1. The van der Waals surface area contributed by atoms with E-state index in [1.165, 1.54) is 17.8 Å². The molecule has 1 unspecified atom stereocenters. The molecular weight excluding hydrogens is 377 g/mol. The minimum absolute atomic E-state index is 0.205. The van der Waals surface area contributed by atoms with Gasteiger partial charge in [0.25, 0.3) is 0 Å². The molecule has 0 saturated heterocycles. The van der Waals surface area contributed by atoms with E-state index < -0.39 is 5.25 Å². The second-order valence-electron chi connectivity index (χ2n) is 6.86. The van der Waals surface area contributed by atoms with Crippen molar-refractivity contribution in [3.63, 3.8) is 0 Å². The highest BCUT2D eigenvalue weighted by molar-refractivity contribution is 8.00. The van der Waals surface area contributed by atoms with Gasteiger partial charge in [-0.1, -0.05) is 17.8 Å². The maximum Gasteiger partial charge on any atom is 0.237 e. The Kier molecular flexibility index (Phi) is 5.13. The van der Waals surface area contributed by atoms with Gasteiger partial charge in [0.1, 0.15) is 5.82 Å². The zero-order valence-electron chi connectivity index (χ0n) is 15.6. The Hall–Kier alpha value is -2.74. The van der Waals surface area contributed by atoms with Crippen molar-refractivity contribution in [2.24, 2.45) is 0 Å². The molecule has 1 saturated carbocycles. The van der Waals surface area contributed by atoms with E-state index in [1.54, 1.807) is 31.5 Å². The number of hydrogen-bond donors (Lipinski definition) is 1. The fraction of sp³-hybridized carbons (Fsp3) is 0.300. The molecule has 3 aromatic rings. The van der Waals surface area contributed by atoms with Crippen LogP contribution < -0.4 is 5.32 Å². The fourth-order valence-corrected chi connectivity index (χ4v) is 3.76. The smallest absolute Gasteiger partial charge is 0.237 e. The van der Waals surface area contributed by atoms with Crippen LogP contribution in [0, 0.1) is 12.7 Å². The van der Waals surface area contributed by atoms with E-state index in [9.17, 15) is 9.18 Å². The molecule has 6 nitrogen and oxygen atoms in total. The molecule has 1 atom stereocenters. The van der Waals surface area contributed by atoms with Gasteiger partial charge >= 0.3 is 0 Å². The molecule has 0 radical (unpaired) electrons. The van der Waals surface area contributed by atoms with Gasteiger partial charge in [0.15, 0.2) is 11.0 Å². The fourth-order valence-electron chi connectivity index (χ4n) is 2.84. The van der Waals surface area contributed by atoms with Crippen molar-refractivity contribution in [2.45, 2.75) is 43.1 Å². The van der Waals surface area contributed by atoms with Crippen LogP contribution in [-0.2, 0) is 4.79 Å². The van der Waals surface area contributed by atoms with E-state index >= 15 is 0 Å². The van der Waals surface area contributed by atoms with Crippen molar-refractivity contribution >= 4 is 23.4 Å². The number of benzene rings is 1. The maximum atomic E-state index is 13.7. The average molecular weight is 397 g/mol. The first-order chi connectivity index (χ1) is 13.5. The van der Waals surface area contributed by atoms with Gasteiger partial charge in [-0.2, -0.15) is 0 Å². The lowest BCUT2D eigenvalue weighted by Crippen LogP contribution is -2.23. The first kappa shape index (κ1) is 18.6. The number of carbonyl (C=O) groups is 1. The van der Waals surface area contributed by atoms with Crippen LogP contribution in [-0.4, -0.2) is 30.9 Å². The minimum Gasteiger partial charge on any atom is -0.325 e. The number of nitrogens with one attached hydrogen (secondary N) is 1. The Morgan fingerprint density at radius 3 is 2.68 bits per heavy atom. The summed E-state index contributed by atoms with van der Waals surface area (Å²) >= 11 is 1.36. The molecule has 144 valence electrons. The first-order valence-electron chi connectivity index (χ1n) is 9.12. The summed E-state index contributed by atoms with van der Waals surface area (Å²) in [5.74, 6) is 0.248. The van der Waals surface area contributed by atoms with Gasteiger partial charge in [0.2, 0.25) is 5.91 Å². The van der Waals surface area contributed by atoms with Gasteiger partial charge in [-0.25, -0.2) is 4.39 Å². The summed E-state index contributed by atoms with van der Waals surface area (Å²) in [6.07, 6.45) is 5.61. The number of anilines is 1. The highest BCUT2D eigenvalue weighted by Crippen LogP contribution is 2.41. The zero-order chi connectivity index (χ0) is 19.7. The number of pyridine rings is 1. The molecule has 8 heteroatoms. The predicted molar refractivity (Wildman–Crippen MR) is 107 cm³/mol. The second kappa shape index (κ2) is 7.71. The molecule has 28 heavy (non-hydrogen) atoms. The molecule has 1 aliphatic carbocycles. The lowest BCUT2D eigenvalue weighted by atomic mass is 10.2. The Labute approximate surface area is 166 Å². The second-order valence-corrected chi connectivity index (χ2v) is 8.16. The molecule has 0 spiro atoms. The number of hydrogen-bond acceptors (Lipinski definition) is 5. The van der Waals surface area contributed by atoms with Crippen molar-refractivity contribution in [3.8, 4) is 11.4 Å². The van der Waals surface area contributed by atoms with E-state index in [2.05, 4.69) is 25.1 Å². The molecule has 0 aliphatic heterocycles. The van der Waals surface area contributed by atoms with E-state index in [0.717, 1.165) is 24.2 Å². The quantitative estimate of drug-likeness (QED) is 0.630. The number of thioether (sulfide) groups is 1. The standard InChI is InChI=1S/C20H20FN5OS/c1-12-3-4-15(11-17(12)21)23-19(27)13(2)28-20-25-24-18(26(20)16-5-6-16)14-7-9-22-10-8-14/h3-4,7-11,13,16H,5-6H2,1-2H3,(H,23,27). The predicted octanol–water partition coefficient (Wildman–Crippen LogP) is 4.24. The molecule has 4 rings (SSSR count). The van der Waals surface area contributed by atoms with Crippen molar-refractivity contribution in [1.29, 1.82) is 0 Å². The highest BCUT2D eigenvalue weighted by Gasteiger charge is 2.31. The first-order valence-corrected chi connectivity index (χ1v) is 10.00. The Bertz CT molecular complexity index is 1000. The van der Waals surface area contributed by atoms with E-state index in [0.29, 0.717) is 22.4 Å². The van der Waals surface area contributed by atoms with Crippen molar-refractivity contribution in [3.05, 3.63) is 54.1 Å². The molecule has 1 fully saturated rings. The summed E-state index contributed by atoms with van der Waals surface area (Å²) in [7, 11) is 0. The van der Waals surface area contributed by atoms with Crippen LogP contribution in [0.2, 0.25) is 0 Å². The van der Waals surface area contributed by atoms with Gasteiger partial charge in [0, 0.05) is 29.7 Å². The van der Waals surface area contributed by atoms with Crippen LogP contribution in [0.3, 0.4) is 0 Å². The van der Waals surface area contributed by atoms with E-state index in [1.807, 2.05) is 19.1 Å². The van der Waals surface area contributed by atoms with Crippen LogP contribution >= 0.6 is 11.8 Å². The third-order valence-electron chi connectivity index (χ3n) is 4.61. The van der Waals surface area contributed by atoms with Gasteiger partial charge in [0.05, 0.1) is 5.25 Å². The molecular formula is C20H20FN5OS. The summed E-state index contributed by atoms with van der Waals surface area (Å²) in [6.45, 7) is 3.49. The van der Waals surface area contributed by atoms with Crippen LogP contribution in [0.1, 0.15) is 31.4 Å². The van der Waals surface area contributed by atoms with Crippen molar-refractivity contribution in [1.82, 2.24) is 19.7 Å². The van der Waals surface area contributed by atoms with E-state index in [-0.39, 0.29) is 11.7 Å². The SMILES string of the molecule is Cc1ccc(NC(=O)C(C)Sc2nnc(-c3ccncc3)n2C2CC2)cc1F. The van der Waals surface area contributed by atoms with Crippen LogP contribution in [0.15, 0.2) is 47.9 Å². The topological polar surface area (TPSA) is 72.7 Å². The number of aryl methyl sites for hydroxylation is 1. The van der Waals surface area contributed by atoms with Gasteiger partial charge < -0.3 is 5.32 Å². The van der Waals surface area contributed by atoms with Crippen molar-refractivity contribution < 1.29 is 9.18 Å². The molecule has 1 aromatic carbocycles. The van der Waals surface area contributed by atoms with Crippen LogP contribution in [0.4, 0.5) is 10.1 Å². The molecule has 2 aromatic heterocycles. The normalized spacial score (nSPS) is 14.7. The third kappa shape index (κ3) is 3.91. The van der Waals surface area contributed by atoms with Gasteiger partial charge in [-0.05, 0) is 56.5 Å². The molecule has 1 aliphatic rings. The Morgan fingerprint density at radius 2 is 2.00 bits per heavy atom. The third-order valence-corrected chi connectivity index (χ3v) is 5.66. The lowest BCUT2D eigenvalue weighted by molar-refractivity contribution is -0.115. The maximum absolute atomic E-state index is 13.7. The molecule has 2 heterocycles. The number of carbonyl (C=O) groups excluding carboxylic acids is 1. The lowest BCUT2D eigenvalue weighted by Gasteiger charge is -2.13. The summed E-state index contributed by atoms with van der Waals surface area (Å²) in [5.41, 5.74) is 1.94. The Balaban J connectivity index is 1.51. The monoisotopic (exact) mass is 397 g/mol. The van der Waals surface area contributed by atoms with Gasteiger partial charge in [-0.3, -0.25) is 14.3 Å². The van der Waals surface area contributed by atoms with Crippen LogP contribution in [0.25, 0.3) is 11.4 Å². The summed E-state index contributed by atoms with van der Waals surface area (Å²) in [6, 6.07) is 8.84. The summed E-state index contributed by atoms with van der Waals surface area (Å²) < 4.78 is 15.8. The minimum atomic E-state index is -0.406. The Morgan fingerprint density at radius 1 is 1.25 bits per heavy atom. The highest BCUT2D eigenvalue weighted by atomic mass is 32.2. The van der Waals surface area contributed by atoms with Crippen molar-refractivity contribution in [2.75, 3.05) is 5.32 Å².